The molecule has 2 fully saturated rings. The third-order valence-corrected chi connectivity index (χ3v) is 12.1. The average Bonchev–Trinajstić information content (AvgIpc) is 3.47. The van der Waals surface area contributed by atoms with E-state index in [1.54, 1.807) is 84.9 Å². The zero-order valence-corrected chi connectivity index (χ0v) is 31.0. The molecule has 0 spiro atoms. The van der Waals surface area contributed by atoms with E-state index in [-0.39, 0.29) is 58.4 Å². The van der Waals surface area contributed by atoms with Crippen LogP contribution >= 0.6 is 0 Å². The van der Waals surface area contributed by atoms with Crippen LogP contribution in [-0.4, -0.2) is 59.5 Å². The molecule has 0 aromatic heterocycles. The van der Waals surface area contributed by atoms with Crippen molar-refractivity contribution in [3.63, 3.8) is 0 Å². The third-order valence-electron chi connectivity index (χ3n) is 12.1. The van der Waals surface area contributed by atoms with Gasteiger partial charge in [-0.3, -0.25) is 39.4 Å². The number of nitrogens with zero attached hydrogens (tertiary/aromatic N) is 4. The lowest BCUT2D eigenvalue weighted by atomic mass is 9.44. The summed E-state index contributed by atoms with van der Waals surface area (Å²) in [5.41, 5.74) is -1.44. The number of aromatic hydroxyl groups is 1. The van der Waals surface area contributed by atoms with Crippen LogP contribution in [0.15, 0.2) is 109 Å². The molecule has 288 valence electrons. The normalized spacial score (nSPS) is 25.2. The van der Waals surface area contributed by atoms with E-state index in [2.05, 4.69) is 0 Å². The van der Waals surface area contributed by atoms with Crippen LogP contribution in [0.25, 0.3) is 5.57 Å². The van der Waals surface area contributed by atoms with Gasteiger partial charge in [0.1, 0.15) is 0 Å². The first-order chi connectivity index (χ1) is 27.3. The molecule has 0 bridgehead atoms. The van der Waals surface area contributed by atoms with Gasteiger partial charge in [0.2, 0.25) is 11.8 Å². The van der Waals surface area contributed by atoms with Crippen molar-refractivity contribution in [2.75, 3.05) is 31.0 Å². The number of benzene rings is 4. The summed E-state index contributed by atoms with van der Waals surface area (Å²) in [5, 5.41) is 36.3. The number of hydrogen-bond acceptors (Lipinski definition) is 11. The maximum absolute atomic E-state index is 15.2. The van der Waals surface area contributed by atoms with Crippen LogP contribution in [0.4, 0.5) is 22.7 Å². The van der Waals surface area contributed by atoms with Crippen molar-refractivity contribution >= 4 is 51.7 Å². The Hall–Kier alpha value is -6.96. The molecule has 3 aliphatic carbocycles. The number of amides is 2. The zero-order valence-electron chi connectivity index (χ0n) is 31.0. The number of imide groups is 1. The molecule has 4 aromatic rings. The number of phenols is 1. The highest BCUT2D eigenvalue weighted by Crippen LogP contribution is 2.65. The third kappa shape index (κ3) is 5.38. The minimum Gasteiger partial charge on any atom is -0.504 e. The highest BCUT2D eigenvalue weighted by molar-refractivity contribution is 6.32. The first-order valence-corrected chi connectivity index (χ1v) is 18.3. The van der Waals surface area contributed by atoms with Crippen molar-refractivity contribution < 1.29 is 38.9 Å². The van der Waals surface area contributed by atoms with Crippen LogP contribution < -0.4 is 14.5 Å². The number of carbonyl (C=O) groups is 4. The minimum absolute atomic E-state index is 0.0154. The van der Waals surface area contributed by atoms with Crippen molar-refractivity contribution in [2.45, 2.75) is 24.2 Å². The summed E-state index contributed by atoms with van der Waals surface area (Å²) in [6.45, 7) is 0. The molecule has 1 aliphatic heterocycles. The highest BCUT2D eigenvalue weighted by Gasteiger charge is 2.66. The molecule has 0 radical (unpaired) electrons. The monoisotopic (exact) mass is 768 g/mol. The fraction of sp³-hybridized carbons (Fsp3) is 0.256. The van der Waals surface area contributed by atoms with E-state index in [1.165, 1.54) is 32.2 Å². The lowest BCUT2D eigenvalue weighted by molar-refractivity contribution is -0.392. The Morgan fingerprint density at radius 3 is 2.07 bits per heavy atom. The van der Waals surface area contributed by atoms with Crippen LogP contribution in [0.5, 0.6) is 11.5 Å². The molecule has 4 aliphatic rings. The van der Waals surface area contributed by atoms with Gasteiger partial charge in [0.15, 0.2) is 28.8 Å². The Labute approximate surface area is 326 Å². The maximum Gasteiger partial charge on any atom is 0.301 e. The standard InChI is InChI=1S/C43H36N4O10/c1-44(2)38-32(46(53)54)19-25(20-33(38)47(55)56)45-41(51)27-18-17-26-30(36(27)42(45)52)21-31-39(49)29(23-11-6-4-7-12-23)22-35(48)43(31,24-13-8-5-9-14-24)37(26)28-15-10-16-34(57-3)40(28)50/h4-17,19-20,22,27,30-31,36-37,50H,18,21H2,1-3H3/t27-,30+,31-,36-,37+,43-/m0/s1. The average molecular weight is 769 g/mol. The molecule has 1 saturated heterocycles. The van der Waals surface area contributed by atoms with Crippen LogP contribution in [0.3, 0.4) is 0 Å². The van der Waals surface area contributed by atoms with Crippen LogP contribution in [0, 0.1) is 43.9 Å². The summed E-state index contributed by atoms with van der Waals surface area (Å²) in [6, 6.07) is 24.5. The molecule has 2 amide bonds. The summed E-state index contributed by atoms with van der Waals surface area (Å²) in [7, 11) is 4.21. The number of carbonyl (C=O) groups excluding carboxylic acids is 4. The second-order valence-electron chi connectivity index (χ2n) is 14.9. The Kier molecular flexibility index (Phi) is 8.86. The lowest BCUT2D eigenvalue weighted by Crippen LogP contribution is -2.58. The minimum atomic E-state index is -1.61. The summed E-state index contributed by atoms with van der Waals surface area (Å²) >= 11 is 0. The molecular formula is C43H36N4O10. The number of Topliss-reactive ketones (excluding diaryl/α,β-unsaturated/α-hetero) is 1. The molecule has 4 aromatic carbocycles. The van der Waals surface area contributed by atoms with Crippen LogP contribution in [-0.2, 0) is 24.6 Å². The van der Waals surface area contributed by atoms with Gasteiger partial charge >= 0.3 is 11.4 Å². The smallest absolute Gasteiger partial charge is 0.301 e. The second-order valence-corrected chi connectivity index (χ2v) is 14.9. The summed E-state index contributed by atoms with van der Waals surface area (Å²) in [6.07, 6.45) is 3.16. The van der Waals surface area contributed by atoms with Crippen molar-refractivity contribution in [3.05, 3.63) is 146 Å². The largest absolute Gasteiger partial charge is 0.504 e. The summed E-state index contributed by atoms with van der Waals surface area (Å²) < 4.78 is 5.51. The van der Waals surface area contributed by atoms with Gasteiger partial charge in [0.05, 0.1) is 39.9 Å². The molecule has 57 heavy (non-hydrogen) atoms. The van der Waals surface area contributed by atoms with E-state index >= 15 is 9.59 Å². The molecule has 1 N–H and O–H groups in total. The molecule has 0 unspecified atom stereocenters. The maximum atomic E-state index is 15.2. The van der Waals surface area contributed by atoms with Gasteiger partial charge in [-0.25, -0.2) is 4.90 Å². The molecule has 14 heteroatoms. The first kappa shape index (κ1) is 37.0. The Bertz CT molecular complexity index is 2440. The second kappa shape index (κ2) is 13.7. The predicted octanol–water partition coefficient (Wildman–Crippen LogP) is 6.31. The number of phenolic OH excluding ortho intramolecular Hbond substituents is 1. The van der Waals surface area contributed by atoms with Crippen molar-refractivity contribution in [1.82, 2.24) is 0 Å². The fourth-order valence-corrected chi connectivity index (χ4v) is 9.87. The summed E-state index contributed by atoms with van der Waals surface area (Å²) in [5.74, 6) is -7.33. The number of allylic oxidation sites excluding steroid dienone is 4. The topological polar surface area (TPSA) is 190 Å². The van der Waals surface area contributed by atoms with Crippen LogP contribution in [0.2, 0.25) is 0 Å². The van der Waals surface area contributed by atoms with Gasteiger partial charge in [-0.15, -0.1) is 0 Å². The number of ether oxygens (including phenoxy) is 1. The van der Waals surface area contributed by atoms with Gasteiger partial charge in [0, 0.05) is 49.2 Å². The zero-order chi connectivity index (χ0) is 40.5. The van der Waals surface area contributed by atoms with Gasteiger partial charge in [-0.2, -0.15) is 0 Å². The van der Waals surface area contributed by atoms with E-state index in [0.717, 1.165) is 17.0 Å². The van der Waals surface area contributed by atoms with Gasteiger partial charge < -0.3 is 14.7 Å². The Morgan fingerprint density at radius 1 is 0.842 bits per heavy atom. The molecule has 6 atom stereocenters. The molecular weight excluding hydrogens is 732 g/mol. The number of nitro groups is 2. The number of fused-ring (bicyclic) bond motifs is 4. The SMILES string of the molecule is COc1cccc([C@H]2C3=CC[C@@H]4C(=O)N(c5cc([N+](=O)[O-])c(N(C)C)c([N+](=O)[O-])c5)C(=O)[C@@H]4[C@@H]3C[C@H]3C(=O)C(c4ccccc4)=CC(=O)[C@@]23c2ccccc2)c1O. The van der Waals surface area contributed by atoms with Crippen molar-refractivity contribution in [3.8, 4) is 11.5 Å². The Morgan fingerprint density at radius 2 is 1.47 bits per heavy atom. The molecule has 14 nitrogen and oxygen atoms in total. The highest BCUT2D eigenvalue weighted by atomic mass is 16.6. The molecule has 8 rings (SSSR count). The van der Waals surface area contributed by atoms with E-state index in [0.29, 0.717) is 16.7 Å². The van der Waals surface area contributed by atoms with Gasteiger partial charge in [-0.05, 0) is 42.0 Å². The number of para-hydroxylation sites is 1. The lowest BCUT2D eigenvalue weighted by Gasteiger charge is -2.55. The van der Waals surface area contributed by atoms with E-state index in [1.807, 2.05) is 0 Å². The number of methoxy groups -OCH3 is 1. The van der Waals surface area contributed by atoms with Crippen molar-refractivity contribution in [1.29, 1.82) is 0 Å². The van der Waals surface area contributed by atoms with Crippen molar-refractivity contribution in [2.24, 2.45) is 23.7 Å². The fourth-order valence-electron chi connectivity index (χ4n) is 9.87. The van der Waals surface area contributed by atoms with E-state index in [4.69, 9.17) is 4.74 Å². The van der Waals surface area contributed by atoms with Crippen LogP contribution in [0.1, 0.15) is 35.4 Å². The quantitative estimate of drug-likeness (QED) is 0.0915. The number of ketones is 2. The predicted molar refractivity (Wildman–Crippen MR) is 208 cm³/mol. The van der Waals surface area contributed by atoms with Gasteiger partial charge in [-0.1, -0.05) is 84.4 Å². The van der Waals surface area contributed by atoms with E-state index in [9.17, 15) is 34.9 Å². The first-order valence-electron chi connectivity index (χ1n) is 18.3. The molecule has 1 heterocycles. The number of rotatable bonds is 8. The molecule has 1 saturated carbocycles. The Balaban J connectivity index is 1.35. The number of anilines is 2. The van der Waals surface area contributed by atoms with E-state index < -0.39 is 68.0 Å². The number of nitro benzene ring substituents is 2. The van der Waals surface area contributed by atoms with Gasteiger partial charge in [0.25, 0.3) is 0 Å². The summed E-state index contributed by atoms with van der Waals surface area (Å²) in [4.78, 5) is 84.4. The number of hydrogen-bond donors (Lipinski definition) is 1.